The number of hydrogen-bond donors (Lipinski definition) is 0. The quantitative estimate of drug-likeness (QED) is 0.563. The van der Waals surface area contributed by atoms with E-state index < -0.39 is 9.84 Å². The van der Waals surface area contributed by atoms with Gasteiger partial charge in [-0.2, -0.15) is 5.10 Å². The van der Waals surface area contributed by atoms with Crippen molar-refractivity contribution in [2.45, 2.75) is 11.3 Å². The Morgan fingerprint density at radius 2 is 1.90 bits per heavy atom. The van der Waals surface area contributed by atoms with Gasteiger partial charge in [0.1, 0.15) is 0 Å². The van der Waals surface area contributed by atoms with Crippen molar-refractivity contribution in [3.63, 3.8) is 0 Å². The number of benzene rings is 2. The van der Waals surface area contributed by atoms with Crippen molar-refractivity contribution < 1.29 is 13.2 Å². The largest absolute Gasteiger partial charge is 0.379 e. The summed E-state index contributed by atoms with van der Waals surface area (Å²) in [4.78, 5) is 2.29. The number of nitrogens with zero attached hydrogens (tertiary/aromatic N) is 3. The van der Waals surface area contributed by atoms with Gasteiger partial charge in [0.25, 0.3) is 0 Å². The molecule has 0 N–H and O–H groups in total. The molecule has 0 radical (unpaired) electrons. The number of anilines is 1. The van der Waals surface area contributed by atoms with Crippen LogP contribution in [-0.4, -0.2) is 65.7 Å². The SMILES string of the molecule is CN(C)CCOCCS(=O)(=O)c1ccc(N2CCC=N2)cc1-c1ccc(Cl)cc1. The lowest BCUT2D eigenvalue weighted by molar-refractivity contribution is 0.130. The Morgan fingerprint density at radius 1 is 1.14 bits per heavy atom. The highest BCUT2D eigenvalue weighted by Gasteiger charge is 2.22. The number of hydrogen-bond acceptors (Lipinski definition) is 6. The van der Waals surface area contributed by atoms with Gasteiger partial charge in [0.05, 0.1) is 29.5 Å². The number of rotatable bonds is 9. The summed E-state index contributed by atoms with van der Waals surface area (Å²) in [6.07, 6.45) is 2.73. The minimum atomic E-state index is -3.52. The van der Waals surface area contributed by atoms with Crippen molar-refractivity contribution in [2.75, 3.05) is 51.2 Å². The Hall–Kier alpha value is -1.93. The molecule has 0 amide bonds. The van der Waals surface area contributed by atoms with Gasteiger partial charge in [-0.1, -0.05) is 23.7 Å². The maximum absolute atomic E-state index is 13.1. The van der Waals surface area contributed by atoms with Gasteiger partial charge in [0.2, 0.25) is 0 Å². The summed E-state index contributed by atoms with van der Waals surface area (Å²) >= 11 is 6.02. The highest BCUT2D eigenvalue weighted by Crippen LogP contribution is 2.33. The summed E-state index contributed by atoms with van der Waals surface area (Å²) in [7, 11) is 0.379. The Balaban J connectivity index is 1.88. The molecule has 6 nitrogen and oxygen atoms in total. The molecule has 0 saturated carbocycles. The Kier molecular flexibility index (Phi) is 7.29. The fourth-order valence-electron chi connectivity index (χ4n) is 3.02. The van der Waals surface area contributed by atoms with Gasteiger partial charge < -0.3 is 9.64 Å². The van der Waals surface area contributed by atoms with Gasteiger partial charge in [0, 0.05) is 36.3 Å². The van der Waals surface area contributed by atoms with E-state index in [4.69, 9.17) is 16.3 Å². The van der Waals surface area contributed by atoms with Crippen molar-refractivity contribution in [2.24, 2.45) is 5.10 Å². The molecule has 156 valence electrons. The minimum Gasteiger partial charge on any atom is -0.379 e. The van der Waals surface area contributed by atoms with Crippen LogP contribution in [0.25, 0.3) is 11.1 Å². The molecule has 0 fully saturated rings. The van der Waals surface area contributed by atoms with Gasteiger partial charge in [-0.05, 0) is 50.0 Å². The zero-order valence-corrected chi connectivity index (χ0v) is 18.3. The average molecular weight is 436 g/mol. The molecule has 8 heteroatoms. The first kappa shape index (κ1) is 21.8. The second kappa shape index (κ2) is 9.71. The molecule has 0 bridgehead atoms. The maximum Gasteiger partial charge on any atom is 0.181 e. The average Bonchev–Trinajstić information content (AvgIpc) is 3.22. The summed E-state index contributed by atoms with van der Waals surface area (Å²) in [6, 6.07) is 12.6. The van der Waals surface area contributed by atoms with E-state index in [1.165, 1.54) is 0 Å². The first-order valence-electron chi connectivity index (χ1n) is 9.52. The standard InChI is InChI=1S/C21H26ClN3O3S/c1-24(2)12-13-28-14-15-29(26,27)21-9-8-19(25-11-3-10-23-25)16-20(21)17-4-6-18(22)7-5-17/h4-10,16H,3,11-15H2,1-2H3. The van der Waals surface area contributed by atoms with E-state index >= 15 is 0 Å². The predicted molar refractivity (Wildman–Crippen MR) is 119 cm³/mol. The van der Waals surface area contributed by atoms with Crippen molar-refractivity contribution >= 4 is 33.3 Å². The minimum absolute atomic E-state index is 0.0672. The van der Waals surface area contributed by atoms with Gasteiger partial charge in [-0.3, -0.25) is 5.01 Å². The van der Waals surface area contributed by atoms with Crippen LogP contribution in [-0.2, 0) is 14.6 Å². The maximum atomic E-state index is 13.1. The van der Waals surface area contributed by atoms with Crippen LogP contribution in [0, 0.1) is 0 Å². The molecule has 0 spiro atoms. The van der Waals surface area contributed by atoms with Gasteiger partial charge in [-0.25, -0.2) is 8.42 Å². The van der Waals surface area contributed by atoms with E-state index in [1.807, 2.05) is 54.5 Å². The zero-order chi connectivity index (χ0) is 20.9. The summed E-state index contributed by atoms with van der Waals surface area (Å²) < 4.78 is 31.6. The highest BCUT2D eigenvalue weighted by atomic mass is 35.5. The number of sulfone groups is 1. The van der Waals surface area contributed by atoms with Crippen LogP contribution in [0.15, 0.2) is 52.5 Å². The molecule has 29 heavy (non-hydrogen) atoms. The van der Waals surface area contributed by atoms with Crippen LogP contribution >= 0.6 is 11.6 Å². The van der Waals surface area contributed by atoms with E-state index in [1.54, 1.807) is 18.2 Å². The van der Waals surface area contributed by atoms with Crippen molar-refractivity contribution in [1.82, 2.24) is 4.90 Å². The van der Waals surface area contributed by atoms with E-state index in [0.717, 1.165) is 30.8 Å². The topological polar surface area (TPSA) is 62.2 Å². The van der Waals surface area contributed by atoms with Crippen LogP contribution in [0.4, 0.5) is 5.69 Å². The second-order valence-electron chi connectivity index (χ2n) is 7.13. The fourth-order valence-corrected chi connectivity index (χ4v) is 4.49. The van der Waals surface area contributed by atoms with Crippen LogP contribution < -0.4 is 5.01 Å². The molecular weight excluding hydrogens is 410 g/mol. The molecule has 0 aliphatic carbocycles. The number of halogens is 1. The normalized spacial score (nSPS) is 14.1. The number of hydrazone groups is 1. The number of likely N-dealkylation sites (N-methyl/N-ethyl adjacent to an activating group) is 1. The molecule has 2 aromatic carbocycles. The third-order valence-corrected chi connectivity index (χ3v) is 6.60. The van der Waals surface area contributed by atoms with Crippen LogP contribution in [0.3, 0.4) is 0 Å². The lowest BCUT2D eigenvalue weighted by Crippen LogP contribution is -2.20. The lowest BCUT2D eigenvalue weighted by Gasteiger charge is -2.18. The van der Waals surface area contributed by atoms with Gasteiger partial charge in [0.15, 0.2) is 9.84 Å². The van der Waals surface area contributed by atoms with Gasteiger partial charge in [-0.15, -0.1) is 0 Å². The van der Waals surface area contributed by atoms with Crippen LogP contribution in [0.2, 0.25) is 5.02 Å². The second-order valence-corrected chi connectivity index (χ2v) is 9.65. The van der Waals surface area contributed by atoms with Crippen molar-refractivity contribution in [1.29, 1.82) is 0 Å². The van der Waals surface area contributed by atoms with Crippen LogP contribution in [0.1, 0.15) is 6.42 Å². The monoisotopic (exact) mass is 435 g/mol. The Bertz CT molecular complexity index is 960. The Labute approximate surface area is 177 Å². The third-order valence-electron chi connectivity index (χ3n) is 4.62. The molecule has 0 unspecified atom stereocenters. The van der Waals surface area contributed by atoms with E-state index in [-0.39, 0.29) is 12.4 Å². The molecule has 3 rings (SSSR count). The lowest BCUT2D eigenvalue weighted by atomic mass is 10.0. The van der Waals surface area contributed by atoms with E-state index in [0.29, 0.717) is 22.1 Å². The molecule has 1 aliphatic rings. The molecule has 1 heterocycles. The first-order valence-corrected chi connectivity index (χ1v) is 11.5. The third kappa shape index (κ3) is 5.79. The molecule has 1 aliphatic heterocycles. The zero-order valence-electron chi connectivity index (χ0n) is 16.7. The smallest absolute Gasteiger partial charge is 0.181 e. The summed E-state index contributed by atoms with van der Waals surface area (Å²) in [6.45, 7) is 2.19. The molecule has 0 saturated heterocycles. The summed E-state index contributed by atoms with van der Waals surface area (Å²) in [5.74, 6) is -0.0672. The highest BCUT2D eigenvalue weighted by molar-refractivity contribution is 7.91. The molecule has 2 aromatic rings. The molecule has 0 atom stereocenters. The summed E-state index contributed by atoms with van der Waals surface area (Å²) in [5.41, 5.74) is 2.31. The fraction of sp³-hybridized carbons (Fsp3) is 0.381. The van der Waals surface area contributed by atoms with Gasteiger partial charge >= 0.3 is 0 Å². The van der Waals surface area contributed by atoms with Crippen molar-refractivity contribution in [3.05, 3.63) is 47.5 Å². The van der Waals surface area contributed by atoms with Crippen molar-refractivity contribution in [3.8, 4) is 11.1 Å². The first-order chi connectivity index (χ1) is 13.9. The Morgan fingerprint density at radius 3 is 2.55 bits per heavy atom. The molecular formula is C21H26ClN3O3S. The van der Waals surface area contributed by atoms with Crippen LogP contribution in [0.5, 0.6) is 0 Å². The molecule has 0 aromatic heterocycles. The summed E-state index contributed by atoms with van der Waals surface area (Å²) in [5, 5.41) is 6.82. The number of ether oxygens (including phenoxy) is 1. The van der Waals surface area contributed by atoms with E-state index in [2.05, 4.69) is 5.10 Å². The predicted octanol–water partition coefficient (Wildman–Crippen LogP) is 3.55. The van der Waals surface area contributed by atoms with E-state index in [9.17, 15) is 8.42 Å².